The molecule has 0 aromatic heterocycles. The smallest absolute Gasteiger partial charge is 0.213 e. The van der Waals surface area contributed by atoms with Crippen molar-refractivity contribution in [1.82, 2.24) is 4.58 Å². The second kappa shape index (κ2) is 9.67. The zero-order valence-corrected chi connectivity index (χ0v) is 20.4. The Kier molecular flexibility index (Phi) is 5.93. The van der Waals surface area contributed by atoms with Crippen molar-refractivity contribution in [2.24, 2.45) is 0 Å². The van der Waals surface area contributed by atoms with Crippen LogP contribution in [0.25, 0.3) is 28.5 Å². The van der Waals surface area contributed by atoms with Gasteiger partial charge in [-0.2, -0.15) is 4.58 Å². The molecule has 0 unspecified atom stereocenters. The van der Waals surface area contributed by atoms with Crippen molar-refractivity contribution < 1.29 is 4.74 Å². The van der Waals surface area contributed by atoms with Crippen molar-refractivity contribution in [3.63, 3.8) is 0 Å². The minimum atomic E-state index is 0.823. The van der Waals surface area contributed by atoms with Crippen molar-refractivity contribution >= 4 is 23.1 Å². The molecule has 174 valence electrons. The van der Waals surface area contributed by atoms with Crippen LogP contribution < -0.4 is 15.2 Å². The van der Waals surface area contributed by atoms with Gasteiger partial charge in [0.15, 0.2) is 0 Å². The lowest BCUT2D eigenvalue weighted by atomic mass is 10.0. The molecule has 0 spiro atoms. The molecule has 4 aromatic carbocycles. The van der Waals surface area contributed by atoms with Crippen LogP contribution >= 0.6 is 0 Å². The molecule has 0 radical (unpaired) electrons. The Morgan fingerprint density at radius 2 is 1.42 bits per heavy atom. The minimum Gasteiger partial charge on any atom is -0.457 e. The maximum absolute atomic E-state index is 6.35. The highest BCUT2D eigenvalue weighted by Gasteiger charge is 2.25. The van der Waals surface area contributed by atoms with Gasteiger partial charge in [0.2, 0.25) is 11.0 Å². The van der Waals surface area contributed by atoms with E-state index >= 15 is 0 Å². The predicted molar refractivity (Wildman–Crippen MR) is 150 cm³/mol. The third-order valence-corrected chi connectivity index (χ3v) is 6.66. The molecule has 36 heavy (non-hydrogen) atoms. The maximum Gasteiger partial charge on any atom is 0.213 e. The first kappa shape index (κ1) is 22.1. The van der Waals surface area contributed by atoms with Gasteiger partial charge in [0.1, 0.15) is 18.1 Å². The molecule has 4 aromatic rings. The van der Waals surface area contributed by atoms with Gasteiger partial charge in [-0.1, -0.05) is 85.8 Å². The number of allylic oxidation sites excluding steroid dienone is 4. The fourth-order valence-electron chi connectivity index (χ4n) is 4.96. The second-order valence-corrected chi connectivity index (χ2v) is 9.12. The van der Waals surface area contributed by atoms with Crippen LogP contribution in [-0.4, -0.2) is 6.54 Å². The lowest BCUT2D eigenvalue weighted by molar-refractivity contribution is 0.399. The zero-order chi connectivity index (χ0) is 24.3. The third-order valence-electron chi connectivity index (χ3n) is 6.66. The van der Waals surface area contributed by atoms with E-state index in [4.69, 9.17) is 4.74 Å². The number of benzene rings is 4. The highest BCUT2D eigenvalue weighted by Crippen LogP contribution is 2.32. The van der Waals surface area contributed by atoms with Crippen LogP contribution in [0.5, 0.6) is 0 Å². The molecule has 0 bridgehead atoms. The van der Waals surface area contributed by atoms with E-state index in [0.29, 0.717) is 0 Å². The molecular weight excluding hydrogens is 438 g/mol. The summed E-state index contributed by atoms with van der Waals surface area (Å²) >= 11 is 0. The van der Waals surface area contributed by atoms with Gasteiger partial charge >= 0.3 is 0 Å². The summed E-state index contributed by atoms with van der Waals surface area (Å²) in [6.07, 6.45) is 9.57. The lowest BCUT2D eigenvalue weighted by Gasteiger charge is -2.18. The Bertz CT molecular complexity index is 1640. The van der Waals surface area contributed by atoms with Gasteiger partial charge in [0, 0.05) is 24.1 Å². The van der Waals surface area contributed by atoms with Crippen LogP contribution in [0.3, 0.4) is 0 Å². The molecule has 0 N–H and O–H groups in total. The standard InChI is InChI=1S/C34H28NO/c1-2-21-35-32-16-10-9-15-30(32)31-22-25(18-20-33(31)35)17-19-29-23-28(26-11-5-3-6-12-26)24-34(36-29)27-13-7-4-8-14-27/h3-20,22-24H,2,21H2,1H3/q+1. The molecule has 6 rings (SSSR count). The first-order valence-corrected chi connectivity index (χ1v) is 12.6. The summed E-state index contributed by atoms with van der Waals surface area (Å²) in [5.74, 6) is 1.68. The Hall–Kier alpha value is -4.43. The van der Waals surface area contributed by atoms with Crippen molar-refractivity contribution in [1.29, 1.82) is 0 Å². The van der Waals surface area contributed by atoms with Gasteiger partial charge in [0.25, 0.3) is 0 Å². The van der Waals surface area contributed by atoms with Crippen LogP contribution in [-0.2, 0) is 4.74 Å². The summed E-state index contributed by atoms with van der Waals surface area (Å²) in [4.78, 5) is 0. The van der Waals surface area contributed by atoms with Crippen molar-refractivity contribution in [3.8, 4) is 11.1 Å². The first-order chi connectivity index (χ1) is 17.8. The van der Waals surface area contributed by atoms with E-state index in [2.05, 4.69) is 115 Å². The molecule has 2 nitrogen and oxygen atoms in total. The molecule has 0 amide bonds. The molecule has 0 aliphatic carbocycles. The van der Waals surface area contributed by atoms with Crippen molar-refractivity contribution in [2.45, 2.75) is 13.3 Å². The van der Waals surface area contributed by atoms with E-state index in [1.54, 1.807) is 0 Å². The molecule has 0 fully saturated rings. The Labute approximate surface area is 212 Å². The second-order valence-electron chi connectivity index (χ2n) is 9.12. The highest BCUT2D eigenvalue weighted by atomic mass is 16.5. The highest BCUT2D eigenvalue weighted by molar-refractivity contribution is 5.86. The maximum atomic E-state index is 6.35. The summed E-state index contributed by atoms with van der Waals surface area (Å²) in [6.45, 7) is 3.25. The van der Waals surface area contributed by atoms with E-state index in [1.165, 1.54) is 27.7 Å². The van der Waals surface area contributed by atoms with Crippen LogP contribution in [0.15, 0.2) is 127 Å². The normalized spacial score (nSPS) is 15.8. The van der Waals surface area contributed by atoms with E-state index in [1.807, 2.05) is 24.3 Å². The minimum absolute atomic E-state index is 0.823. The molecule has 0 atom stereocenters. The molecule has 2 heterocycles. The fourth-order valence-corrected chi connectivity index (χ4v) is 4.96. The topological polar surface area (TPSA) is 12.2 Å². The summed E-state index contributed by atoms with van der Waals surface area (Å²) in [5, 5.41) is 2.45. The van der Waals surface area contributed by atoms with Gasteiger partial charge in [-0.25, -0.2) is 0 Å². The number of nitrogens with zero attached hydrogens (tertiary/aromatic N) is 1. The van der Waals surface area contributed by atoms with E-state index in [9.17, 15) is 0 Å². The molecule has 2 aliphatic rings. The average Bonchev–Trinajstić information content (AvgIpc) is 3.26. The average molecular weight is 467 g/mol. The largest absolute Gasteiger partial charge is 0.457 e. The summed E-state index contributed by atoms with van der Waals surface area (Å²) in [5.41, 5.74) is 7.27. The summed E-state index contributed by atoms with van der Waals surface area (Å²) in [6, 6.07) is 36.2. The van der Waals surface area contributed by atoms with Crippen LogP contribution in [0.2, 0.25) is 0 Å². The van der Waals surface area contributed by atoms with Gasteiger partial charge < -0.3 is 4.74 Å². The Balaban J connectivity index is 1.42. The Morgan fingerprint density at radius 3 is 2.19 bits per heavy atom. The van der Waals surface area contributed by atoms with Crippen molar-refractivity contribution in [2.75, 3.05) is 6.54 Å². The molecule has 0 saturated heterocycles. The number of para-hydroxylation sites is 1. The van der Waals surface area contributed by atoms with Gasteiger partial charge in [-0.3, -0.25) is 0 Å². The number of ether oxygens (including phenoxy) is 1. The van der Waals surface area contributed by atoms with E-state index in [0.717, 1.165) is 40.8 Å². The van der Waals surface area contributed by atoms with E-state index < -0.39 is 0 Å². The number of hydrogen-bond acceptors (Lipinski definition) is 1. The van der Waals surface area contributed by atoms with Crippen LogP contribution in [0.1, 0.15) is 24.5 Å². The number of rotatable bonds is 5. The monoisotopic (exact) mass is 466 g/mol. The van der Waals surface area contributed by atoms with Crippen molar-refractivity contribution in [3.05, 3.63) is 149 Å². The predicted octanol–water partition coefficient (Wildman–Crippen LogP) is 6.72. The molecule has 0 saturated carbocycles. The SMILES string of the molecule is CCC[N+]1=c2ccc(=CC=C3C=C(c4ccccc4)C=C(c4ccccc4)O3)cc2-c2ccccc21. The number of hydrogen-bond donors (Lipinski definition) is 0. The molecule has 2 aliphatic heterocycles. The third kappa shape index (κ3) is 4.23. The van der Waals surface area contributed by atoms with Gasteiger partial charge in [0.05, 0.1) is 11.1 Å². The summed E-state index contributed by atoms with van der Waals surface area (Å²) in [7, 11) is 0. The number of fused-ring (bicyclic) bond motifs is 3. The molecular formula is C34H28NO+. The van der Waals surface area contributed by atoms with Crippen LogP contribution in [0.4, 0.5) is 5.69 Å². The lowest BCUT2D eigenvalue weighted by Crippen LogP contribution is -2.24. The zero-order valence-electron chi connectivity index (χ0n) is 20.4. The van der Waals surface area contributed by atoms with Gasteiger partial charge in [-0.05, 0) is 52.8 Å². The van der Waals surface area contributed by atoms with Gasteiger partial charge in [-0.15, -0.1) is 0 Å². The van der Waals surface area contributed by atoms with Crippen LogP contribution in [0, 0.1) is 0 Å². The summed E-state index contributed by atoms with van der Waals surface area (Å²) < 4.78 is 8.78. The first-order valence-electron chi connectivity index (χ1n) is 12.6. The Morgan fingerprint density at radius 1 is 0.694 bits per heavy atom. The molecule has 2 heteroatoms. The van der Waals surface area contributed by atoms with E-state index in [-0.39, 0.29) is 0 Å². The fraction of sp³-hybridized carbons (Fsp3) is 0.0882. The quantitative estimate of drug-likeness (QED) is 0.298.